The highest BCUT2D eigenvalue weighted by Crippen LogP contribution is 2.36. The SMILES string of the molecule is Cc1ccc(N(c2ccc(C)cc2)c2ccc(/C=C/c3ccc(-c4ccc(/C=C/c5ccc(N(c6ccc(C)cc6)c6ccc(C)cc6)cc5)cc4)cc3)cc2)cc1. The lowest BCUT2D eigenvalue weighted by atomic mass is 10.0. The molecule has 0 N–H and O–H groups in total. The Hall–Kier alpha value is -7.16. The molecule has 0 amide bonds. The van der Waals surface area contributed by atoms with Crippen LogP contribution in [0.1, 0.15) is 44.5 Å². The van der Waals surface area contributed by atoms with E-state index in [0.29, 0.717) is 0 Å². The van der Waals surface area contributed by atoms with Crippen molar-refractivity contribution in [2.45, 2.75) is 27.7 Å². The van der Waals surface area contributed by atoms with Crippen LogP contribution in [0.25, 0.3) is 35.4 Å². The van der Waals surface area contributed by atoms with Crippen LogP contribution in [0.15, 0.2) is 194 Å². The molecule has 8 aromatic carbocycles. The third-order valence-corrected chi connectivity index (χ3v) is 10.6. The fraction of sp³-hybridized carbons (Fsp3) is 0.0714. The van der Waals surface area contributed by atoms with Gasteiger partial charge in [0.25, 0.3) is 0 Å². The Morgan fingerprint density at radius 1 is 0.224 bits per heavy atom. The summed E-state index contributed by atoms with van der Waals surface area (Å²) in [6.07, 6.45) is 8.72. The lowest BCUT2D eigenvalue weighted by molar-refractivity contribution is 1.27. The summed E-state index contributed by atoms with van der Waals surface area (Å²) in [6.45, 7) is 8.50. The first kappa shape index (κ1) is 37.7. The normalized spacial score (nSPS) is 11.3. The molecule has 0 saturated heterocycles. The van der Waals surface area contributed by atoms with Gasteiger partial charge in [0.05, 0.1) is 0 Å². The Kier molecular flexibility index (Phi) is 11.3. The van der Waals surface area contributed by atoms with E-state index in [9.17, 15) is 0 Å². The van der Waals surface area contributed by atoms with E-state index in [1.807, 2.05) is 0 Å². The molecule has 2 heteroatoms. The van der Waals surface area contributed by atoms with Crippen molar-refractivity contribution in [1.29, 1.82) is 0 Å². The maximum absolute atomic E-state index is 2.31. The zero-order chi connectivity index (χ0) is 39.8. The van der Waals surface area contributed by atoms with Crippen molar-refractivity contribution in [1.82, 2.24) is 0 Å². The lowest BCUT2D eigenvalue weighted by Crippen LogP contribution is -2.09. The second-order valence-electron chi connectivity index (χ2n) is 15.1. The Labute approximate surface area is 344 Å². The molecule has 0 aliphatic rings. The number of aryl methyl sites for hydroxylation is 4. The quantitative estimate of drug-likeness (QED) is 0.122. The number of rotatable bonds is 11. The molecule has 0 radical (unpaired) electrons. The minimum absolute atomic E-state index is 1.13. The summed E-state index contributed by atoms with van der Waals surface area (Å²) >= 11 is 0. The average Bonchev–Trinajstić information content (AvgIpc) is 3.26. The zero-order valence-electron chi connectivity index (χ0n) is 33.7. The third kappa shape index (κ3) is 9.10. The van der Waals surface area contributed by atoms with Crippen LogP contribution in [-0.2, 0) is 0 Å². The maximum atomic E-state index is 2.31. The van der Waals surface area contributed by atoms with Gasteiger partial charge in [-0.05, 0) is 134 Å². The molecule has 0 unspecified atom stereocenters. The van der Waals surface area contributed by atoms with Crippen LogP contribution in [0.5, 0.6) is 0 Å². The van der Waals surface area contributed by atoms with E-state index in [4.69, 9.17) is 0 Å². The predicted octanol–water partition coefficient (Wildman–Crippen LogP) is 15.9. The van der Waals surface area contributed by atoms with Gasteiger partial charge in [0.2, 0.25) is 0 Å². The third-order valence-electron chi connectivity index (χ3n) is 10.6. The molecule has 0 aromatic heterocycles. The van der Waals surface area contributed by atoms with E-state index in [0.717, 1.165) is 45.3 Å². The van der Waals surface area contributed by atoms with Crippen molar-refractivity contribution in [3.63, 3.8) is 0 Å². The second kappa shape index (κ2) is 17.3. The van der Waals surface area contributed by atoms with Crippen molar-refractivity contribution < 1.29 is 0 Å². The first-order valence-corrected chi connectivity index (χ1v) is 20.0. The van der Waals surface area contributed by atoms with Crippen LogP contribution in [0.4, 0.5) is 34.1 Å². The largest absolute Gasteiger partial charge is 0.311 e. The van der Waals surface area contributed by atoms with Crippen molar-refractivity contribution in [3.05, 3.63) is 239 Å². The summed E-state index contributed by atoms with van der Waals surface area (Å²) in [5, 5.41) is 0. The van der Waals surface area contributed by atoms with E-state index in [2.05, 4.69) is 256 Å². The van der Waals surface area contributed by atoms with Gasteiger partial charge in [0, 0.05) is 34.1 Å². The van der Waals surface area contributed by atoms with E-state index in [1.165, 1.54) is 44.5 Å². The van der Waals surface area contributed by atoms with Gasteiger partial charge in [-0.2, -0.15) is 0 Å². The average molecular weight is 749 g/mol. The summed E-state index contributed by atoms with van der Waals surface area (Å²) in [6, 6.07) is 69.9. The van der Waals surface area contributed by atoms with E-state index in [-0.39, 0.29) is 0 Å². The maximum Gasteiger partial charge on any atom is 0.0462 e. The molecular weight excluding hydrogens is 701 g/mol. The van der Waals surface area contributed by atoms with Crippen LogP contribution in [0, 0.1) is 27.7 Å². The molecule has 8 rings (SSSR count). The summed E-state index contributed by atoms with van der Waals surface area (Å²) in [4.78, 5) is 4.61. The minimum Gasteiger partial charge on any atom is -0.311 e. The van der Waals surface area contributed by atoms with Gasteiger partial charge < -0.3 is 9.80 Å². The molecule has 0 heterocycles. The first-order chi connectivity index (χ1) is 28.3. The molecule has 0 atom stereocenters. The summed E-state index contributed by atoms with van der Waals surface area (Å²) < 4.78 is 0. The van der Waals surface area contributed by atoms with E-state index in [1.54, 1.807) is 0 Å². The van der Waals surface area contributed by atoms with Gasteiger partial charge in [-0.25, -0.2) is 0 Å². The molecule has 0 aliphatic heterocycles. The van der Waals surface area contributed by atoms with Crippen LogP contribution in [-0.4, -0.2) is 0 Å². The van der Waals surface area contributed by atoms with Crippen LogP contribution >= 0.6 is 0 Å². The molecule has 0 saturated carbocycles. The molecule has 282 valence electrons. The number of hydrogen-bond acceptors (Lipinski definition) is 2. The van der Waals surface area contributed by atoms with E-state index < -0.39 is 0 Å². The molecule has 8 aromatic rings. The Morgan fingerprint density at radius 3 is 0.603 bits per heavy atom. The van der Waals surface area contributed by atoms with Gasteiger partial charge in [-0.15, -0.1) is 0 Å². The molecule has 58 heavy (non-hydrogen) atoms. The molecule has 0 aliphatic carbocycles. The number of anilines is 6. The summed E-state index contributed by atoms with van der Waals surface area (Å²) in [5.41, 5.74) is 18.9. The fourth-order valence-corrected chi connectivity index (χ4v) is 7.10. The van der Waals surface area contributed by atoms with Crippen LogP contribution in [0.3, 0.4) is 0 Å². The standard InChI is InChI=1S/C56H48N2/c1-41-5-29-51(30-6-41)57(52-31-7-42(2)8-32-52)55-37-21-47(22-38-55)15-13-45-17-25-49(26-18-45)50-27-19-46(20-28-50)14-16-48-23-39-56(40-24-48)58(53-33-9-43(3)10-34-53)54-35-11-44(4)12-36-54/h5-40H,1-4H3/b15-13+,16-14+. The van der Waals surface area contributed by atoms with Crippen LogP contribution in [0.2, 0.25) is 0 Å². The lowest BCUT2D eigenvalue weighted by Gasteiger charge is -2.25. The van der Waals surface area contributed by atoms with E-state index >= 15 is 0 Å². The van der Waals surface area contributed by atoms with Gasteiger partial charge >= 0.3 is 0 Å². The summed E-state index contributed by atoms with van der Waals surface area (Å²) in [7, 11) is 0. The predicted molar refractivity (Wildman–Crippen MR) is 251 cm³/mol. The van der Waals surface area contributed by atoms with Gasteiger partial charge in [0.1, 0.15) is 0 Å². The fourth-order valence-electron chi connectivity index (χ4n) is 7.10. The Bertz CT molecular complexity index is 2330. The van der Waals surface area contributed by atoms with Gasteiger partial charge in [-0.1, -0.05) is 168 Å². The van der Waals surface area contributed by atoms with Crippen LogP contribution < -0.4 is 9.80 Å². The monoisotopic (exact) mass is 748 g/mol. The van der Waals surface area contributed by atoms with Crippen molar-refractivity contribution >= 4 is 58.4 Å². The summed E-state index contributed by atoms with van der Waals surface area (Å²) in [5.74, 6) is 0. The minimum atomic E-state index is 1.13. The Morgan fingerprint density at radius 2 is 0.397 bits per heavy atom. The van der Waals surface area contributed by atoms with Crippen molar-refractivity contribution in [2.75, 3.05) is 9.80 Å². The zero-order valence-corrected chi connectivity index (χ0v) is 33.7. The molecular formula is C56H48N2. The van der Waals surface area contributed by atoms with Crippen molar-refractivity contribution in [3.8, 4) is 11.1 Å². The number of benzene rings is 8. The first-order valence-electron chi connectivity index (χ1n) is 20.0. The van der Waals surface area contributed by atoms with Gasteiger partial charge in [0.15, 0.2) is 0 Å². The molecule has 0 spiro atoms. The highest BCUT2D eigenvalue weighted by atomic mass is 15.1. The van der Waals surface area contributed by atoms with Gasteiger partial charge in [-0.3, -0.25) is 0 Å². The van der Waals surface area contributed by atoms with Crippen molar-refractivity contribution in [2.24, 2.45) is 0 Å². The number of hydrogen-bond donors (Lipinski definition) is 0. The highest BCUT2D eigenvalue weighted by Gasteiger charge is 2.13. The molecule has 0 fully saturated rings. The number of nitrogens with zero attached hydrogens (tertiary/aromatic N) is 2. The topological polar surface area (TPSA) is 6.48 Å². The highest BCUT2D eigenvalue weighted by molar-refractivity contribution is 5.80. The molecule has 0 bridgehead atoms. The second-order valence-corrected chi connectivity index (χ2v) is 15.1. The molecule has 2 nitrogen and oxygen atoms in total. The Balaban J connectivity index is 0.908. The smallest absolute Gasteiger partial charge is 0.0462 e.